The van der Waals surface area contributed by atoms with Crippen molar-refractivity contribution in [2.45, 2.75) is 6.42 Å². The molecule has 0 aliphatic heterocycles. The number of ketones is 1. The minimum Gasteiger partial charge on any atom is -0.294 e. The molecular formula is C17H12FNOS. The van der Waals surface area contributed by atoms with Crippen molar-refractivity contribution in [3.05, 3.63) is 76.4 Å². The molecule has 2 aromatic carbocycles. The number of carbonyl (C=O) groups excluding carboxylic acids is 1. The molecule has 1 heterocycles. The van der Waals surface area contributed by atoms with Gasteiger partial charge in [0.25, 0.3) is 0 Å². The Morgan fingerprint density at radius 3 is 2.48 bits per heavy atom. The Morgan fingerprint density at radius 2 is 1.76 bits per heavy atom. The van der Waals surface area contributed by atoms with Crippen molar-refractivity contribution in [2.24, 2.45) is 0 Å². The predicted molar refractivity (Wildman–Crippen MR) is 82.0 cm³/mol. The molecule has 0 unspecified atom stereocenters. The number of carbonyl (C=O) groups is 1. The number of halogens is 1. The molecule has 3 aromatic rings. The summed E-state index contributed by atoms with van der Waals surface area (Å²) in [6, 6.07) is 15.4. The van der Waals surface area contributed by atoms with E-state index in [1.807, 2.05) is 35.7 Å². The summed E-state index contributed by atoms with van der Waals surface area (Å²) in [6.07, 6.45) is 0.239. The monoisotopic (exact) mass is 297 g/mol. The van der Waals surface area contributed by atoms with E-state index in [1.54, 1.807) is 0 Å². The predicted octanol–water partition coefficient (Wildman–Crippen LogP) is 4.37. The summed E-state index contributed by atoms with van der Waals surface area (Å²) in [6.45, 7) is 0. The SMILES string of the molecule is O=C(Cc1nc(-c2ccccc2)cs1)c1ccc(F)cc1. The Bertz CT molecular complexity index is 750. The van der Waals surface area contributed by atoms with E-state index < -0.39 is 0 Å². The van der Waals surface area contributed by atoms with Gasteiger partial charge in [0, 0.05) is 16.5 Å². The standard InChI is InChI=1S/C17H12FNOS/c18-14-8-6-13(7-9-14)16(20)10-17-19-15(11-21-17)12-4-2-1-3-5-12/h1-9,11H,10H2. The second kappa shape index (κ2) is 5.97. The number of rotatable bonds is 4. The van der Waals surface area contributed by atoms with E-state index in [4.69, 9.17) is 0 Å². The molecule has 21 heavy (non-hydrogen) atoms. The Labute approximate surface area is 125 Å². The number of benzene rings is 2. The minimum absolute atomic E-state index is 0.0519. The second-order valence-electron chi connectivity index (χ2n) is 4.60. The number of nitrogens with zero attached hydrogens (tertiary/aromatic N) is 1. The van der Waals surface area contributed by atoms with Crippen LogP contribution in [0.2, 0.25) is 0 Å². The fraction of sp³-hybridized carbons (Fsp3) is 0.0588. The van der Waals surface area contributed by atoms with Crippen molar-refractivity contribution in [1.82, 2.24) is 4.98 Å². The van der Waals surface area contributed by atoms with Crippen LogP contribution < -0.4 is 0 Å². The fourth-order valence-electron chi connectivity index (χ4n) is 2.01. The lowest BCUT2D eigenvalue weighted by atomic mass is 10.1. The van der Waals surface area contributed by atoms with Crippen LogP contribution in [0.5, 0.6) is 0 Å². The number of hydrogen-bond donors (Lipinski definition) is 0. The first-order valence-electron chi connectivity index (χ1n) is 6.51. The molecule has 0 saturated carbocycles. The van der Waals surface area contributed by atoms with Crippen LogP contribution in [0.4, 0.5) is 4.39 Å². The smallest absolute Gasteiger partial charge is 0.169 e. The van der Waals surface area contributed by atoms with E-state index >= 15 is 0 Å². The van der Waals surface area contributed by atoms with Crippen LogP contribution in [0.1, 0.15) is 15.4 Å². The highest BCUT2D eigenvalue weighted by Gasteiger charge is 2.11. The Balaban J connectivity index is 1.75. The van der Waals surface area contributed by atoms with Crippen LogP contribution in [-0.4, -0.2) is 10.8 Å². The lowest BCUT2D eigenvalue weighted by Crippen LogP contribution is -2.03. The molecule has 0 aliphatic carbocycles. The molecule has 104 valence electrons. The summed E-state index contributed by atoms with van der Waals surface area (Å²) in [5, 5.41) is 2.71. The Morgan fingerprint density at radius 1 is 1.05 bits per heavy atom. The van der Waals surface area contributed by atoms with Crippen LogP contribution in [0.3, 0.4) is 0 Å². The molecule has 0 saturated heterocycles. The zero-order valence-electron chi connectivity index (χ0n) is 11.1. The molecular weight excluding hydrogens is 285 g/mol. The van der Waals surface area contributed by atoms with Gasteiger partial charge in [-0.05, 0) is 24.3 Å². The molecule has 4 heteroatoms. The van der Waals surface area contributed by atoms with Crippen molar-refractivity contribution in [3.8, 4) is 11.3 Å². The van der Waals surface area contributed by atoms with E-state index in [0.717, 1.165) is 16.3 Å². The molecule has 0 aliphatic rings. The topological polar surface area (TPSA) is 30.0 Å². The van der Waals surface area contributed by atoms with Crippen molar-refractivity contribution in [1.29, 1.82) is 0 Å². The van der Waals surface area contributed by atoms with E-state index in [1.165, 1.54) is 35.6 Å². The average Bonchev–Trinajstić information content (AvgIpc) is 2.97. The van der Waals surface area contributed by atoms with Gasteiger partial charge in [-0.2, -0.15) is 0 Å². The fourth-order valence-corrected chi connectivity index (χ4v) is 2.81. The molecule has 0 amide bonds. The third-order valence-corrected chi connectivity index (χ3v) is 3.95. The third kappa shape index (κ3) is 3.23. The first kappa shape index (κ1) is 13.6. The van der Waals surface area contributed by atoms with Gasteiger partial charge in [0.15, 0.2) is 5.78 Å². The molecule has 1 aromatic heterocycles. The van der Waals surface area contributed by atoms with Gasteiger partial charge in [-0.1, -0.05) is 30.3 Å². The van der Waals surface area contributed by atoms with Gasteiger partial charge >= 0.3 is 0 Å². The maximum atomic E-state index is 12.8. The molecule has 0 spiro atoms. The van der Waals surface area contributed by atoms with Crippen molar-refractivity contribution >= 4 is 17.1 Å². The normalized spacial score (nSPS) is 10.5. The van der Waals surface area contributed by atoms with Gasteiger partial charge in [0.2, 0.25) is 0 Å². The molecule has 0 fully saturated rings. The van der Waals surface area contributed by atoms with Crippen LogP contribution in [0.15, 0.2) is 60.0 Å². The molecule has 0 bridgehead atoms. The summed E-state index contributed by atoms with van der Waals surface area (Å²) < 4.78 is 12.8. The van der Waals surface area contributed by atoms with E-state index in [0.29, 0.717) is 5.56 Å². The van der Waals surface area contributed by atoms with Gasteiger partial charge < -0.3 is 0 Å². The summed E-state index contributed by atoms with van der Waals surface area (Å²) in [4.78, 5) is 16.6. The van der Waals surface area contributed by atoms with E-state index in [2.05, 4.69) is 4.98 Å². The summed E-state index contributed by atoms with van der Waals surface area (Å²) in [5.41, 5.74) is 2.42. The second-order valence-corrected chi connectivity index (χ2v) is 5.54. The zero-order chi connectivity index (χ0) is 14.7. The van der Waals surface area contributed by atoms with Crippen LogP contribution in [-0.2, 0) is 6.42 Å². The molecule has 0 radical (unpaired) electrons. The molecule has 2 nitrogen and oxygen atoms in total. The Hall–Kier alpha value is -2.33. The van der Waals surface area contributed by atoms with Gasteiger partial charge in [0.1, 0.15) is 10.8 Å². The van der Waals surface area contributed by atoms with Crippen LogP contribution in [0, 0.1) is 5.82 Å². The van der Waals surface area contributed by atoms with Gasteiger partial charge in [0.05, 0.1) is 12.1 Å². The molecule has 3 rings (SSSR count). The maximum absolute atomic E-state index is 12.8. The quantitative estimate of drug-likeness (QED) is 0.669. The maximum Gasteiger partial charge on any atom is 0.169 e. The molecule has 0 N–H and O–H groups in total. The number of aromatic nitrogens is 1. The van der Waals surface area contributed by atoms with Gasteiger partial charge in [-0.25, -0.2) is 9.37 Å². The largest absolute Gasteiger partial charge is 0.294 e. The highest BCUT2D eigenvalue weighted by molar-refractivity contribution is 7.10. The van der Waals surface area contributed by atoms with Gasteiger partial charge in [-0.3, -0.25) is 4.79 Å². The first-order valence-corrected chi connectivity index (χ1v) is 7.39. The van der Waals surface area contributed by atoms with E-state index in [9.17, 15) is 9.18 Å². The highest BCUT2D eigenvalue weighted by atomic mass is 32.1. The number of hydrogen-bond acceptors (Lipinski definition) is 3. The lowest BCUT2D eigenvalue weighted by Gasteiger charge is -1.98. The highest BCUT2D eigenvalue weighted by Crippen LogP contribution is 2.22. The zero-order valence-corrected chi connectivity index (χ0v) is 11.9. The van der Waals surface area contributed by atoms with E-state index in [-0.39, 0.29) is 18.0 Å². The summed E-state index contributed by atoms with van der Waals surface area (Å²) in [7, 11) is 0. The Kier molecular flexibility index (Phi) is 3.88. The molecule has 0 atom stereocenters. The number of thiazole rings is 1. The van der Waals surface area contributed by atoms with Crippen LogP contribution in [0.25, 0.3) is 11.3 Å². The first-order chi connectivity index (χ1) is 10.2. The summed E-state index contributed by atoms with van der Waals surface area (Å²) in [5.74, 6) is -0.392. The number of Topliss-reactive ketones (excluding diaryl/α,β-unsaturated/α-hetero) is 1. The minimum atomic E-state index is -0.341. The van der Waals surface area contributed by atoms with Gasteiger partial charge in [-0.15, -0.1) is 11.3 Å². The lowest BCUT2D eigenvalue weighted by molar-refractivity contribution is 0.0993. The average molecular weight is 297 g/mol. The van der Waals surface area contributed by atoms with Crippen molar-refractivity contribution in [3.63, 3.8) is 0 Å². The third-order valence-electron chi connectivity index (χ3n) is 3.10. The van der Waals surface area contributed by atoms with Crippen molar-refractivity contribution < 1.29 is 9.18 Å². The van der Waals surface area contributed by atoms with Crippen LogP contribution >= 0.6 is 11.3 Å². The van der Waals surface area contributed by atoms with Crippen molar-refractivity contribution in [2.75, 3.05) is 0 Å². The summed E-state index contributed by atoms with van der Waals surface area (Å²) >= 11 is 1.46.